The first-order valence-corrected chi connectivity index (χ1v) is 4.79. The van der Waals surface area contributed by atoms with Crippen LogP contribution in [0.1, 0.15) is 20.3 Å². The first-order chi connectivity index (χ1) is 7.38. The molecule has 4 N–H and O–H groups in total. The van der Waals surface area contributed by atoms with Gasteiger partial charge in [-0.15, -0.1) is 12.3 Å². The van der Waals surface area contributed by atoms with Gasteiger partial charge in [0.15, 0.2) is 6.04 Å². The zero-order valence-electron chi connectivity index (χ0n) is 9.23. The van der Waals surface area contributed by atoms with Crippen LogP contribution in [0, 0.1) is 12.3 Å². The Hall–Kier alpha value is -1.74. The monoisotopic (exact) mass is 228 g/mol. The maximum atomic E-state index is 11.3. The van der Waals surface area contributed by atoms with Crippen LogP contribution in [-0.4, -0.2) is 40.4 Å². The molecule has 0 aliphatic heterocycles. The zero-order chi connectivity index (χ0) is 12.7. The number of nitrogens with one attached hydrogen (secondary N) is 2. The summed E-state index contributed by atoms with van der Waals surface area (Å²) in [5.41, 5.74) is 0. The van der Waals surface area contributed by atoms with Crippen molar-refractivity contribution in [1.29, 1.82) is 0 Å². The normalized spacial score (nSPS) is 15.4. The van der Waals surface area contributed by atoms with Gasteiger partial charge >= 0.3 is 12.0 Å². The molecule has 0 rings (SSSR count). The number of aliphatic hydroxyl groups is 1. The Kier molecular flexibility index (Phi) is 5.96. The summed E-state index contributed by atoms with van der Waals surface area (Å²) in [4.78, 5) is 21.9. The highest BCUT2D eigenvalue weighted by molar-refractivity contribution is 5.83. The number of carboxylic acid groups (broad SMARTS) is 1. The maximum Gasteiger partial charge on any atom is 0.328 e. The van der Waals surface area contributed by atoms with Gasteiger partial charge in [-0.25, -0.2) is 9.59 Å². The summed E-state index contributed by atoms with van der Waals surface area (Å²) in [6.07, 6.45) is 4.22. The minimum Gasteiger partial charge on any atom is -0.480 e. The number of hydrogen-bond acceptors (Lipinski definition) is 3. The SMILES string of the molecule is C#CCC(C)NC(=O)N[C@H](C(=O)O)[C@@H](C)O. The third-order valence-corrected chi connectivity index (χ3v) is 1.84. The number of urea groups is 1. The first-order valence-electron chi connectivity index (χ1n) is 4.79. The molecule has 0 aromatic rings. The van der Waals surface area contributed by atoms with Crippen LogP contribution in [0.4, 0.5) is 4.79 Å². The minimum absolute atomic E-state index is 0.256. The summed E-state index contributed by atoms with van der Waals surface area (Å²) in [6.45, 7) is 2.97. The van der Waals surface area contributed by atoms with E-state index >= 15 is 0 Å². The number of rotatable bonds is 5. The van der Waals surface area contributed by atoms with Crippen LogP contribution in [-0.2, 0) is 4.79 Å². The van der Waals surface area contributed by atoms with Crippen molar-refractivity contribution in [2.24, 2.45) is 0 Å². The summed E-state index contributed by atoms with van der Waals surface area (Å²) >= 11 is 0. The van der Waals surface area contributed by atoms with Gasteiger partial charge in [-0.2, -0.15) is 0 Å². The molecule has 0 aromatic heterocycles. The Morgan fingerprint density at radius 1 is 1.38 bits per heavy atom. The van der Waals surface area contributed by atoms with E-state index < -0.39 is 24.1 Å². The standard InChI is InChI=1S/C10H16N2O4/c1-4-5-6(2)11-10(16)12-8(7(3)13)9(14)15/h1,6-8,13H,5H2,2-3H3,(H,14,15)(H2,11,12,16)/t6?,7-,8+/m1/s1. The molecule has 6 nitrogen and oxygen atoms in total. The first kappa shape index (κ1) is 14.3. The predicted molar refractivity (Wildman–Crippen MR) is 57.7 cm³/mol. The number of hydrogen-bond donors (Lipinski definition) is 4. The van der Waals surface area contributed by atoms with Crippen LogP contribution >= 0.6 is 0 Å². The van der Waals surface area contributed by atoms with Crippen molar-refractivity contribution >= 4 is 12.0 Å². The second-order valence-corrected chi connectivity index (χ2v) is 3.48. The highest BCUT2D eigenvalue weighted by atomic mass is 16.4. The van der Waals surface area contributed by atoms with Gasteiger partial charge in [0, 0.05) is 12.5 Å². The van der Waals surface area contributed by atoms with E-state index in [4.69, 9.17) is 16.6 Å². The van der Waals surface area contributed by atoms with E-state index in [0.717, 1.165) is 0 Å². The Labute approximate surface area is 94.0 Å². The lowest BCUT2D eigenvalue weighted by Gasteiger charge is -2.19. The van der Waals surface area contributed by atoms with Crippen LogP contribution in [0.25, 0.3) is 0 Å². The van der Waals surface area contributed by atoms with E-state index in [2.05, 4.69) is 16.6 Å². The lowest BCUT2D eigenvalue weighted by Crippen LogP contribution is -2.52. The van der Waals surface area contributed by atoms with Crippen molar-refractivity contribution < 1.29 is 19.8 Å². The van der Waals surface area contributed by atoms with E-state index in [0.29, 0.717) is 6.42 Å². The number of carbonyl (C=O) groups is 2. The van der Waals surface area contributed by atoms with Crippen molar-refractivity contribution in [3.8, 4) is 12.3 Å². The van der Waals surface area contributed by atoms with E-state index in [-0.39, 0.29) is 6.04 Å². The van der Waals surface area contributed by atoms with Crippen LogP contribution in [0.2, 0.25) is 0 Å². The fraction of sp³-hybridized carbons (Fsp3) is 0.600. The van der Waals surface area contributed by atoms with Crippen molar-refractivity contribution in [1.82, 2.24) is 10.6 Å². The van der Waals surface area contributed by atoms with E-state index in [1.54, 1.807) is 6.92 Å². The van der Waals surface area contributed by atoms with Gasteiger partial charge in [0.2, 0.25) is 0 Å². The maximum absolute atomic E-state index is 11.3. The summed E-state index contributed by atoms with van der Waals surface area (Å²) in [5, 5.41) is 22.4. The second kappa shape index (κ2) is 6.69. The Bertz CT molecular complexity index is 296. The lowest BCUT2D eigenvalue weighted by atomic mass is 10.2. The van der Waals surface area contributed by atoms with E-state index in [1.165, 1.54) is 6.92 Å². The number of amides is 2. The molecule has 0 aliphatic rings. The molecule has 0 saturated carbocycles. The molecule has 0 radical (unpaired) electrons. The fourth-order valence-electron chi connectivity index (χ4n) is 1.02. The van der Waals surface area contributed by atoms with Crippen LogP contribution in [0.3, 0.4) is 0 Å². The van der Waals surface area contributed by atoms with Crippen LogP contribution in [0.15, 0.2) is 0 Å². The molecular formula is C10H16N2O4. The van der Waals surface area contributed by atoms with Crippen LogP contribution < -0.4 is 10.6 Å². The van der Waals surface area contributed by atoms with Gasteiger partial charge < -0.3 is 20.8 Å². The molecule has 0 aliphatic carbocycles. The molecular weight excluding hydrogens is 212 g/mol. The van der Waals surface area contributed by atoms with Crippen molar-refractivity contribution in [3.63, 3.8) is 0 Å². The third-order valence-electron chi connectivity index (χ3n) is 1.84. The molecule has 90 valence electrons. The van der Waals surface area contributed by atoms with Gasteiger partial charge in [-0.05, 0) is 13.8 Å². The Morgan fingerprint density at radius 3 is 2.31 bits per heavy atom. The summed E-state index contributed by atoms with van der Waals surface area (Å²) in [6, 6.07) is -2.26. The summed E-state index contributed by atoms with van der Waals surface area (Å²) < 4.78 is 0. The molecule has 3 atom stereocenters. The second-order valence-electron chi connectivity index (χ2n) is 3.48. The molecule has 6 heteroatoms. The zero-order valence-corrected chi connectivity index (χ0v) is 9.23. The highest BCUT2D eigenvalue weighted by Crippen LogP contribution is 1.94. The molecule has 16 heavy (non-hydrogen) atoms. The number of carbonyl (C=O) groups excluding carboxylic acids is 1. The topological polar surface area (TPSA) is 98.7 Å². The molecule has 2 amide bonds. The molecule has 0 heterocycles. The molecule has 1 unspecified atom stereocenters. The Balaban J connectivity index is 4.22. The van der Waals surface area contributed by atoms with E-state index in [9.17, 15) is 9.59 Å². The van der Waals surface area contributed by atoms with Crippen molar-refractivity contribution in [2.75, 3.05) is 0 Å². The van der Waals surface area contributed by atoms with Gasteiger partial charge in [-0.1, -0.05) is 0 Å². The Morgan fingerprint density at radius 2 is 1.94 bits per heavy atom. The van der Waals surface area contributed by atoms with E-state index in [1.807, 2.05) is 0 Å². The summed E-state index contributed by atoms with van der Waals surface area (Å²) in [5.74, 6) is 1.07. The van der Waals surface area contributed by atoms with Gasteiger partial charge in [-0.3, -0.25) is 0 Å². The fourth-order valence-corrected chi connectivity index (χ4v) is 1.02. The molecule has 0 aromatic carbocycles. The number of aliphatic hydroxyl groups excluding tert-OH is 1. The molecule has 0 saturated heterocycles. The average Bonchev–Trinajstić information content (AvgIpc) is 2.13. The molecule has 0 fully saturated rings. The quantitative estimate of drug-likeness (QED) is 0.478. The highest BCUT2D eigenvalue weighted by Gasteiger charge is 2.25. The number of terminal acetylenes is 1. The van der Waals surface area contributed by atoms with Crippen LogP contribution in [0.5, 0.6) is 0 Å². The minimum atomic E-state index is -1.34. The average molecular weight is 228 g/mol. The van der Waals surface area contributed by atoms with Crippen molar-refractivity contribution in [3.05, 3.63) is 0 Å². The predicted octanol–water partition coefficient (Wildman–Crippen LogP) is -0.469. The smallest absolute Gasteiger partial charge is 0.328 e. The van der Waals surface area contributed by atoms with Crippen molar-refractivity contribution in [2.45, 2.75) is 38.5 Å². The molecule has 0 bridgehead atoms. The third kappa shape index (κ3) is 5.22. The number of aliphatic carboxylic acids is 1. The lowest BCUT2D eigenvalue weighted by molar-refractivity contribution is -0.141. The number of carboxylic acids is 1. The van der Waals surface area contributed by atoms with Gasteiger partial charge in [0.25, 0.3) is 0 Å². The summed E-state index contributed by atoms with van der Waals surface area (Å²) in [7, 11) is 0. The van der Waals surface area contributed by atoms with Gasteiger partial charge in [0.05, 0.1) is 6.10 Å². The van der Waals surface area contributed by atoms with Gasteiger partial charge in [0.1, 0.15) is 0 Å². The molecule has 0 spiro atoms. The largest absolute Gasteiger partial charge is 0.480 e.